The second-order valence-electron chi connectivity index (χ2n) is 4.99. The summed E-state index contributed by atoms with van der Waals surface area (Å²) in [5.74, 6) is -1.64. The first-order valence-corrected chi connectivity index (χ1v) is 7.44. The first-order valence-electron chi connectivity index (χ1n) is 7.44. The molecule has 23 heavy (non-hydrogen) atoms. The summed E-state index contributed by atoms with van der Waals surface area (Å²) >= 11 is 0. The third-order valence-electron chi connectivity index (χ3n) is 3.18. The van der Waals surface area contributed by atoms with E-state index in [2.05, 4.69) is 27.8 Å². The predicted octanol–water partition coefficient (Wildman–Crippen LogP) is 3.42. The molecule has 0 aliphatic carbocycles. The van der Waals surface area contributed by atoms with E-state index in [1.165, 1.54) is 18.2 Å². The molecule has 0 fully saturated rings. The molecule has 0 saturated carbocycles. The van der Waals surface area contributed by atoms with Crippen molar-refractivity contribution in [1.29, 1.82) is 0 Å². The molecular weight excluding hydrogens is 302 g/mol. The Morgan fingerprint density at radius 2 is 1.83 bits per heavy atom. The fourth-order valence-electron chi connectivity index (χ4n) is 1.93. The summed E-state index contributed by atoms with van der Waals surface area (Å²) in [6.45, 7) is 2.66. The highest BCUT2D eigenvalue weighted by atomic mass is 19.1. The molecule has 0 bridgehead atoms. The summed E-state index contributed by atoms with van der Waals surface area (Å²) in [5.41, 5.74) is -0.153. The molecule has 0 spiro atoms. The minimum Gasteiger partial charge on any atom is -0.351 e. The fraction of sp³-hybridized carbons (Fsp3) is 0.312. The van der Waals surface area contributed by atoms with Crippen LogP contribution in [0, 0.1) is 11.6 Å². The number of carbonyl (C=O) groups is 1. The Morgan fingerprint density at radius 3 is 2.43 bits per heavy atom. The van der Waals surface area contributed by atoms with Gasteiger partial charge in [-0.1, -0.05) is 25.8 Å². The van der Waals surface area contributed by atoms with Gasteiger partial charge in [0.2, 0.25) is 0 Å². The van der Waals surface area contributed by atoms with Gasteiger partial charge in [0.15, 0.2) is 11.5 Å². The number of amides is 1. The molecule has 0 aliphatic rings. The van der Waals surface area contributed by atoms with E-state index < -0.39 is 11.6 Å². The highest BCUT2D eigenvalue weighted by molar-refractivity contribution is 5.92. The maximum Gasteiger partial charge on any atom is 0.271 e. The number of aromatic nitrogens is 2. The topological polar surface area (TPSA) is 66.9 Å². The van der Waals surface area contributed by atoms with E-state index in [-0.39, 0.29) is 23.1 Å². The molecule has 1 aromatic heterocycles. The molecule has 122 valence electrons. The quantitative estimate of drug-likeness (QED) is 0.767. The van der Waals surface area contributed by atoms with Crippen molar-refractivity contribution >= 4 is 17.4 Å². The average Bonchev–Trinajstić information content (AvgIpc) is 2.55. The van der Waals surface area contributed by atoms with Crippen molar-refractivity contribution in [2.45, 2.75) is 26.2 Å². The molecule has 7 heteroatoms. The van der Waals surface area contributed by atoms with Gasteiger partial charge >= 0.3 is 0 Å². The molecule has 0 saturated heterocycles. The highest BCUT2D eigenvalue weighted by Crippen LogP contribution is 2.21. The molecule has 2 aromatic rings. The third-order valence-corrected chi connectivity index (χ3v) is 3.18. The van der Waals surface area contributed by atoms with Gasteiger partial charge in [0.1, 0.15) is 17.3 Å². The van der Waals surface area contributed by atoms with Crippen molar-refractivity contribution in [3.63, 3.8) is 0 Å². The predicted molar refractivity (Wildman–Crippen MR) is 83.5 cm³/mol. The van der Waals surface area contributed by atoms with Crippen LogP contribution < -0.4 is 10.6 Å². The average molecular weight is 320 g/mol. The molecule has 0 aliphatic heterocycles. The molecule has 0 radical (unpaired) electrons. The smallest absolute Gasteiger partial charge is 0.271 e. The lowest BCUT2D eigenvalue weighted by Gasteiger charge is -2.08. The van der Waals surface area contributed by atoms with E-state index in [1.807, 2.05) is 0 Å². The van der Waals surface area contributed by atoms with Crippen LogP contribution in [-0.2, 0) is 0 Å². The summed E-state index contributed by atoms with van der Waals surface area (Å²) in [5, 5.41) is 12.8. The number of para-hydroxylation sites is 1. The SMILES string of the molecule is CCCCCNC(=O)c1ccc(Nc2c(F)cccc2F)nn1. The van der Waals surface area contributed by atoms with Crippen LogP contribution in [0.15, 0.2) is 30.3 Å². The molecule has 5 nitrogen and oxygen atoms in total. The van der Waals surface area contributed by atoms with Gasteiger partial charge in [-0.2, -0.15) is 0 Å². The minimum absolute atomic E-state index is 0.150. The Labute approximate surface area is 133 Å². The molecule has 1 amide bonds. The maximum atomic E-state index is 13.5. The maximum absolute atomic E-state index is 13.5. The summed E-state index contributed by atoms with van der Waals surface area (Å²) in [6, 6.07) is 6.44. The molecule has 2 N–H and O–H groups in total. The van der Waals surface area contributed by atoms with Crippen LogP contribution in [0.25, 0.3) is 0 Å². The van der Waals surface area contributed by atoms with E-state index in [1.54, 1.807) is 0 Å². The van der Waals surface area contributed by atoms with Crippen LogP contribution in [0.5, 0.6) is 0 Å². The lowest BCUT2D eigenvalue weighted by molar-refractivity contribution is 0.0947. The Kier molecular flexibility index (Phi) is 5.96. The lowest BCUT2D eigenvalue weighted by Crippen LogP contribution is -2.25. The van der Waals surface area contributed by atoms with Gasteiger partial charge in [0.25, 0.3) is 5.91 Å². The van der Waals surface area contributed by atoms with Crippen molar-refractivity contribution in [3.05, 3.63) is 47.7 Å². The van der Waals surface area contributed by atoms with Gasteiger partial charge in [0.05, 0.1) is 0 Å². The second-order valence-corrected chi connectivity index (χ2v) is 4.99. The Balaban J connectivity index is 1.98. The number of halogens is 2. The van der Waals surface area contributed by atoms with Crippen molar-refractivity contribution in [2.75, 3.05) is 11.9 Å². The van der Waals surface area contributed by atoms with Gasteiger partial charge in [-0.05, 0) is 30.7 Å². The monoisotopic (exact) mass is 320 g/mol. The lowest BCUT2D eigenvalue weighted by atomic mass is 10.2. The van der Waals surface area contributed by atoms with E-state index in [4.69, 9.17) is 0 Å². The van der Waals surface area contributed by atoms with Gasteiger partial charge in [-0.25, -0.2) is 8.78 Å². The van der Waals surface area contributed by atoms with Crippen LogP contribution in [0.3, 0.4) is 0 Å². The third kappa shape index (κ3) is 4.70. The summed E-state index contributed by atoms with van der Waals surface area (Å²) < 4.78 is 27.1. The van der Waals surface area contributed by atoms with E-state index in [0.717, 1.165) is 31.4 Å². The van der Waals surface area contributed by atoms with Crippen LogP contribution >= 0.6 is 0 Å². The highest BCUT2D eigenvalue weighted by Gasteiger charge is 2.11. The molecule has 0 atom stereocenters. The number of nitrogens with one attached hydrogen (secondary N) is 2. The van der Waals surface area contributed by atoms with Crippen molar-refractivity contribution in [3.8, 4) is 0 Å². The zero-order valence-corrected chi connectivity index (χ0v) is 12.8. The number of benzene rings is 1. The van der Waals surface area contributed by atoms with Gasteiger partial charge in [0, 0.05) is 6.54 Å². The first-order chi connectivity index (χ1) is 11.1. The zero-order chi connectivity index (χ0) is 16.7. The summed E-state index contributed by atoms with van der Waals surface area (Å²) in [6.07, 6.45) is 3.02. The van der Waals surface area contributed by atoms with Crippen molar-refractivity contribution in [2.24, 2.45) is 0 Å². The number of unbranched alkanes of at least 4 members (excludes halogenated alkanes) is 2. The van der Waals surface area contributed by atoms with Gasteiger partial charge < -0.3 is 10.6 Å². The van der Waals surface area contributed by atoms with E-state index in [9.17, 15) is 13.6 Å². The number of rotatable bonds is 7. The first kappa shape index (κ1) is 16.8. The second kappa shape index (κ2) is 8.17. The fourth-order valence-corrected chi connectivity index (χ4v) is 1.93. The Morgan fingerprint density at radius 1 is 1.09 bits per heavy atom. The number of carbonyl (C=O) groups excluding carboxylic acids is 1. The molecular formula is C16H18F2N4O. The molecule has 1 heterocycles. The van der Waals surface area contributed by atoms with Crippen LogP contribution in [-0.4, -0.2) is 22.6 Å². The molecule has 2 rings (SSSR count). The van der Waals surface area contributed by atoms with E-state index in [0.29, 0.717) is 6.54 Å². The minimum atomic E-state index is -0.732. The normalized spacial score (nSPS) is 10.4. The number of hydrogen-bond donors (Lipinski definition) is 2. The summed E-state index contributed by atoms with van der Waals surface area (Å²) in [7, 11) is 0. The van der Waals surface area contributed by atoms with E-state index >= 15 is 0 Å². The van der Waals surface area contributed by atoms with Crippen molar-refractivity contribution < 1.29 is 13.6 Å². The van der Waals surface area contributed by atoms with Crippen LogP contribution in [0.4, 0.5) is 20.3 Å². The van der Waals surface area contributed by atoms with Crippen molar-refractivity contribution in [1.82, 2.24) is 15.5 Å². The number of nitrogens with zero attached hydrogens (tertiary/aromatic N) is 2. The van der Waals surface area contributed by atoms with Crippen LogP contribution in [0.1, 0.15) is 36.7 Å². The Hall–Kier alpha value is -2.57. The Bertz CT molecular complexity index is 641. The van der Waals surface area contributed by atoms with Crippen LogP contribution in [0.2, 0.25) is 0 Å². The van der Waals surface area contributed by atoms with Gasteiger partial charge in [-0.3, -0.25) is 4.79 Å². The number of anilines is 2. The largest absolute Gasteiger partial charge is 0.351 e. The molecule has 0 unspecified atom stereocenters. The molecule has 1 aromatic carbocycles. The van der Waals surface area contributed by atoms with Gasteiger partial charge in [-0.15, -0.1) is 10.2 Å². The summed E-state index contributed by atoms with van der Waals surface area (Å²) in [4.78, 5) is 11.8. The zero-order valence-electron chi connectivity index (χ0n) is 12.8. The standard InChI is InChI=1S/C16H18F2N4O/c1-2-3-4-10-19-16(23)13-8-9-14(22-21-13)20-15-11(17)6-5-7-12(15)18/h5-9H,2-4,10H2,1H3,(H,19,23)(H,20,22). The number of hydrogen-bond acceptors (Lipinski definition) is 4.